The number of rotatable bonds is 7. The number of nitrogens with one attached hydrogen (secondary N) is 1. The summed E-state index contributed by atoms with van der Waals surface area (Å²) in [6, 6.07) is 17.1. The molecule has 7 heteroatoms. The molecule has 5 nitrogen and oxygen atoms in total. The van der Waals surface area contributed by atoms with Crippen LogP contribution in [-0.2, 0) is 17.8 Å². The molecule has 1 N–H and O–H groups in total. The van der Waals surface area contributed by atoms with E-state index in [-0.39, 0.29) is 12.3 Å². The van der Waals surface area contributed by atoms with Gasteiger partial charge < -0.3 is 14.5 Å². The third-order valence-electron chi connectivity index (χ3n) is 5.00. The van der Waals surface area contributed by atoms with Crippen molar-refractivity contribution in [2.75, 3.05) is 7.11 Å². The fraction of sp³-hybridized carbons (Fsp3) is 0.167. The Labute approximate surface area is 189 Å². The predicted molar refractivity (Wildman–Crippen MR) is 123 cm³/mol. The number of carbonyl (C=O) groups is 1. The van der Waals surface area contributed by atoms with E-state index in [1.54, 1.807) is 31.5 Å². The maximum atomic E-state index is 12.4. The third-order valence-corrected chi connectivity index (χ3v) is 5.54. The molecule has 0 aliphatic rings. The number of hydrogen-bond acceptors (Lipinski definition) is 4. The summed E-state index contributed by atoms with van der Waals surface area (Å²) in [7, 11) is 1.63. The number of ether oxygens (including phenoxy) is 1. The molecule has 1 aromatic heterocycles. The van der Waals surface area contributed by atoms with Crippen LogP contribution in [0.2, 0.25) is 10.0 Å². The maximum absolute atomic E-state index is 12.4. The van der Waals surface area contributed by atoms with Gasteiger partial charge in [-0.1, -0.05) is 53.5 Å². The van der Waals surface area contributed by atoms with Gasteiger partial charge in [0.05, 0.1) is 18.3 Å². The number of aryl methyl sites for hydroxylation is 1. The average Bonchev–Trinajstić information content (AvgIpc) is 3.24. The number of fused-ring (bicyclic) bond motifs is 1. The number of benzene rings is 3. The molecular weight excluding hydrogens is 435 g/mol. The summed E-state index contributed by atoms with van der Waals surface area (Å²) in [5.41, 5.74) is 1.65. The molecule has 1 heterocycles. The summed E-state index contributed by atoms with van der Waals surface area (Å²) >= 11 is 12.2. The molecule has 4 rings (SSSR count). The van der Waals surface area contributed by atoms with Crippen LogP contribution in [0.25, 0.3) is 22.1 Å². The molecule has 31 heavy (non-hydrogen) atoms. The van der Waals surface area contributed by atoms with E-state index in [4.69, 9.17) is 32.4 Å². The molecule has 0 unspecified atom stereocenters. The van der Waals surface area contributed by atoms with E-state index in [0.29, 0.717) is 40.2 Å². The molecule has 0 bridgehead atoms. The van der Waals surface area contributed by atoms with Crippen molar-refractivity contribution < 1.29 is 13.9 Å². The van der Waals surface area contributed by atoms with Gasteiger partial charge in [-0.05, 0) is 35.0 Å². The second kappa shape index (κ2) is 9.41. The Kier molecular flexibility index (Phi) is 6.44. The number of methoxy groups -OCH3 is 1. The molecule has 0 fully saturated rings. The van der Waals surface area contributed by atoms with Crippen molar-refractivity contribution in [2.24, 2.45) is 0 Å². The van der Waals surface area contributed by atoms with Crippen molar-refractivity contribution in [2.45, 2.75) is 19.4 Å². The van der Waals surface area contributed by atoms with Crippen LogP contribution in [0.4, 0.5) is 0 Å². The lowest BCUT2D eigenvalue weighted by molar-refractivity contribution is -0.121. The standard InChI is InChI=1S/C24H20Cl2N2O3/c1-30-21-9-6-15-4-2-3-5-17(15)19(21)13-27-23(29)10-11-24-28-14-22(31-24)18-8-7-16(25)12-20(18)26/h2-9,12,14H,10-11,13H2,1H3,(H,27,29). The minimum atomic E-state index is -0.0979. The van der Waals surface area contributed by atoms with Gasteiger partial charge in [-0.25, -0.2) is 4.98 Å². The first-order valence-corrected chi connectivity index (χ1v) is 10.5. The highest BCUT2D eigenvalue weighted by atomic mass is 35.5. The number of hydrogen-bond donors (Lipinski definition) is 1. The first kappa shape index (κ1) is 21.2. The van der Waals surface area contributed by atoms with Crippen LogP contribution in [0.15, 0.2) is 65.2 Å². The number of aromatic nitrogens is 1. The van der Waals surface area contributed by atoms with Crippen LogP contribution in [0.5, 0.6) is 5.75 Å². The predicted octanol–water partition coefficient (Wildman–Crippen LogP) is 6.06. The Morgan fingerprint density at radius 1 is 1.13 bits per heavy atom. The molecular formula is C24H20Cl2N2O3. The van der Waals surface area contributed by atoms with Gasteiger partial charge >= 0.3 is 0 Å². The average molecular weight is 455 g/mol. The second-order valence-electron chi connectivity index (χ2n) is 6.99. The fourth-order valence-corrected chi connectivity index (χ4v) is 3.93. The van der Waals surface area contributed by atoms with E-state index < -0.39 is 0 Å². The zero-order valence-electron chi connectivity index (χ0n) is 16.8. The molecule has 0 spiro atoms. The molecule has 0 aliphatic carbocycles. The third kappa shape index (κ3) is 4.84. The highest BCUT2D eigenvalue weighted by Gasteiger charge is 2.13. The minimum absolute atomic E-state index is 0.0979. The van der Waals surface area contributed by atoms with Gasteiger partial charge in [-0.15, -0.1) is 0 Å². The second-order valence-corrected chi connectivity index (χ2v) is 7.83. The van der Waals surface area contributed by atoms with E-state index in [1.807, 2.05) is 36.4 Å². The van der Waals surface area contributed by atoms with Crippen LogP contribution in [0.3, 0.4) is 0 Å². The van der Waals surface area contributed by atoms with Gasteiger partial charge in [0.2, 0.25) is 5.91 Å². The van der Waals surface area contributed by atoms with E-state index in [9.17, 15) is 4.79 Å². The summed E-state index contributed by atoms with van der Waals surface area (Å²) in [5, 5.41) is 6.15. The van der Waals surface area contributed by atoms with E-state index in [0.717, 1.165) is 22.1 Å². The lowest BCUT2D eigenvalue weighted by atomic mass is 10.0. The van der Waals surface area contributed by atoms with Crippen molar-refractivity contribution in [3.05, 3.63) is 82.3 Å². The molecule has 0 saturated heterocycles. The Morgan fingerprint density at radius 3 is 2.77 bits per heavy atom. The van der Waals surface area contributed by atoms with Crippen molar-refractivity contribution in [1.29, 1.82) is 0 Å². The van der Waals surface area contributed by atoms with E-state index in [1.165, 1.54) is 0 Å². The van der Waals surface area contributed by atoms with Crippen molar-refractivity contribution in [1.82, 2.24) is 10.3 Å². The summed E-state index contributed by atoms with van der Waals surface area (Å²) in [6.45, 7) is 0.376. The molecule has 0 atom stereocenters. The van der Waals surface area contributed by atoms with Gasteiger partial charge in [0, 0.05) is 35.5 Å². The summed E-state index contributed by atoms with van der Waals surface area (Å²) in [6.07, 6.45) is 2.23. The van der Waals surface area contributed by atoms with Gasteiger partial charge in [0.25, 0.3) is 0 Å². The van der Waals surface area contributed by atoms with E-state index in [2.05, 4.69) is 10.3 Å². The largest absolute Gasteiger partial charge is 0.496 e. The highest BCUT2D eigenvalue weighted by molar-refractivity contribution is 6.36. The molecule has 0 aliphatic heterocycles. The monoisotopic (exact) mass is 454 g/mol. The molecule has 4 aromatic rings. The first-order valence-electron chi connectivity index (χ1n) is 9.76. The van der Waals surface area contributed by atoms with Crippen LogP contribution < -0.4 is 10.1 Å². The number of halogens is 2. The van der Waals surface area contributed by atoms with Crippen molar-refractivity contribution in [3.8, 4) is 17.1 Å². The van der Waals surface area contributed by atoms with Gasteiger partial charge in [0.15, 0.2) is 11.7 Å². The minimum Gasteiger partial charge on any atom is -0.496 e. The van der Waals surface area contributed by atoms with Gasteiger partial charge in [0.1, 0.15) is 5.75 Å². The van der Waals surface area contributed by atoms with Crippen LogP contribution in [0.1, 0.15) is 17.9 Å². The Hall–Kier alpha value is -3.02. The Bertz CT molecular complexity index is 1240. The summed E-state index contributed by atoms with van der Waals surface area (Å²) < 4.78 is 11.2. The topological polar surface area (TPSA) is 64.4 Å². The van der Waals surface area contributed by atoms with Crippen LogP contribution >= 0.6 is 23.2 Å². The quantitative estimate of drug-likeness (QED) is 0.368. The molecule has 0 radical (unpaired) electrons. The van der Waals surface area contributed by atoms with E-state index >= 15 is 0 Å². The SMILES string of the molecule is COc1ccc2ccccc2c1CNC(=O)CCc1ncc(-c2ccc(Cl)cc2Cl)o1. The maximum Gasteiger partial charge on any atom is 0.220 e. The van der Waals surface area contributed by atoms with Crippen molar-refractivity contribution >= 4 is 39.9 Å². The molecule has 158 valence electrons. The molecule has 0 saturated carbocycles. The van der Waals surface area contributed by atoms with Gasteiger partial charge in [-0.2, -0.15) is 0 Å². The zero-order chi connectivity index (χ0) is 21.8. The summed E-state index contributed by atoms with van der Waals surface area (Å²) in [4.78, 5) is 16.7. The zero-order valence-corrected chi connectivity index (χ0v) is 18.3. The number of nitrogens with zero attached hydrogens (tertiary/aromatic N) is 1. The fourth-order valence-electron chi connectivity index (χ4n) is 3.43. The number of carbonyl (C=O) groups excluding carboxylic acids is 1. The number of oxazole rings is 1. The lowest BCUT2D eigenvalue weighted by Crippen LogP contribution is -2.23. The normalized spacial score (nSPS) is 10.9. The van der Waals surface area contributed by atoms with Gasteiger partial charge in [-0.3, -0.25) is 4.79 Å². The molecule has 3 aromatic carbocycles. The lowest BCUT2D eigenvalue weighted by Gasteiger charge is -2.13. The van der Waals surface area contributed by atoms with Crippen LogP contribution in [-0.4, -0.2) is 18.0 Å². The van der Waals surface area contributed by atoms with Crippen LogP contribution in [0, 0.1) is 0 Å². The number of amides is 1. The highest BCUT2D eigenvalue weighted by Crippen LogP contribution is 2.31. The first-order chi connectivity index (χ1) is 15.0. The molecule has 1 amide bonds. The summed E-state index contributed by atoms with van der Waals surface area (Å²) in [5.74, 6) is 1.66. The van der Waals surface area contributed by atoms with Crippen molar-refractivity contribution in [3.63, 3.8) is 0 Å². The Morgan fingerprint density at radius 2 is 1.97 bits per heavy atom. The smallest absolute Gasteiger partial charge is 0.220 e. The Balaban J connectivity index is 1.39.